The summed E-state index contributed by atoms with van der Waals surface area (Å²) in [6.07, 6.45) is 0. The first-order valence-corrected chi connectivity index (χ1v) is 8.23. The van der Waals surface area contributed by atoms with Gasteiger partial charge >= 0.3 is 0 Å². The number of ether oxygens (including phenoxy) is 2. The zero-order valence-electron chi connectivity index (χ0n) is 12.3. The van der Waals surface area contributed by atoms with E-state index in [1.807, 2.05) is 0 Å². The summed E-state index contributed by atoms with van der Waals surface area (Å²) in [4.78, 5) is 0. The molecule has 1 aromatic carbocycles. The van der Waals surface area contributed by atoms with Crippen LogP contribution in [0.3, 0.4) is 0 Å². The third kappa shape index (κ3) is 3.29. The van der Waals surface area contributed by atoms with Gasteiger partial charge in [0.2, 0.25) is 0 Å². The van der Waals surface area contributed by atoms with Crippen molar-refractivity contribution in [3.8, 4) is 11.5 Å². The van der Waals surface area contributed by atoms with Gasteiger partial charge in [0.25, 0.3) is 0 Å². The van der Waals surface area contributed by atoms with Crippen LogP contribution in [0.1, 0.15) is 26.3 Å². The fourth-order valence-electron chi connectivity index (χ4n) is 1.83. The summed E-state index contributed by atoms with van der Waals surface area (Å²) in [7, 11) is -3.20. The quantitative estimate of drug-likeness (QED) is 0.677. The number of hydrogen-bond donors (Lipinski definition) is 1. The second-order valence-electron chi connectivity index (χ2n) is 5.77. The molecule has 0 saturated carbocycles. The Kier molecular flexibility index (Phi) is 4.13. The van der Waals surface area contributed by atoms with Crippen molar-refractivity contribution >= 4 is 15.5 Å². The van der Waals surface area contributed by atoms with Gasteiger partial charge in [-0.3, -0.25) is 0 Å². The fraction of sp³-hybridized carbons (Fsp3) is 0.500. The molecule has 7 heteroatoms. The van der Waals surface area contributed by atoms with Gasteiger partial charge in [0.05, 0.1) is 10.5 Å². The lowest BCUT2D eigenvalue weighted by molar-refractivity contribution is 0.313. The molecule has 1 heterocycles. The van der Waals surface area contributed by atoms with E-state index in [2.05, 4.69) is 5.16 Å². The highest BCUT2D eigenvalue weighted by Crippen LogP contribution is 2.30. The van der Waals surface area contributed by atoms with E-state index in [1.165, 1.54) is 0 Å². The van der Waals surface area contributed by atoms with E-state index >= 15 is 0 Å². The average Bonchev–Trinajstić information content (AvgIpc) is 2.79. The van der Waals surface area contributed by atoms with E-state index in [1.54, 1.807) is 39.0 Å². The largest absolute Gasteiger partial charge is 0.492 e. The van der Waals surface area contributed by atoms with Gasteiger partial charge < -0.3 is 14.7 Å². The van der Waals surface area contributed by atoms with Gasteiger partial charge in [-0.1, -0.05) is 5.16 Å². The molecule has 0 aliphatic carbocycles. The topological polar surface area (TPSA) is 85.2 Å². The zero-order chi connectivity index (χ0) is 15.7. The maximum absolute atomic E-state index is 12.0. The SMILES string of the molecule is CC(C)(C)S(=O)(=O)CCOc1ccc2c(c1)OC/C2=N\O. The van der Waals surface area contributed by atoms with Crippen molar-refractivity contribution in [3.63, 3.8) is 0 Å². The predicted octanol–water partition coefficient (Wildman–Crippen LogP) is 1.85. The summed E-state index contributed by atoms with van der Waals surface area (Å²) in [5, 5.41) is 12.0. The number of sulfone groups is 1. The lowest BCUT2D eigenvalue weighted by Gasteiger charge is -2.19. The molecule has 0 atom stereocenters. The summed E-state index contributed by atoms with van der Waals surface area (Å²) in [6, 6.07) is 5.09. The fourth-order valence-corrected chi connectivity index (χ4v) is 2.75. The van der Waals surface area contributed by atoms with Crippen LogP contribution in [-0.4, -0.2) is 43.1 Å². The Morgan fingerprint density at radius 2 is 2.10 bits per heavy atom. The Morgan fingerprint density at radius 3 is 2.71 bits per heavy atom. The molecule has 2 rings (SSSR count). The number of rotatable bonds is 4. The van der Waals surface area contributed by atoms with Crippen LogP contribution < -0.4 is 9.47 Å². The van der Waals surface area contributed by atoms with Crippen LogP contribution in [0.25, 0.3) is 0 Å². The molecule has 0 bridgehead atoms. The molecule has 0 fully saturated rings. The molecule has 0 amide bonds. The highest BCUT2D eigenvalue weighted by Gasteiger charge is 2.28. The third-order valence-corrected chi connectivity index (χ3v) is 5.87. The van der Waals surface area contributed by atoms with Crippen molar-refractivity contribution < 1.29 is 23.1 Å². The normalized spacial score (nSPS) is 16.6. The van der Waals surface area contributed by atoms with E-state index in [0.29, 0.717) is 22.8 Å². The van der Waals surface area contributed by atoms with Crippen LogP contribution in [-0.2, 0) is 9.84 Å². The smallest absolute Gasteiger partial charge is 0.158 e. The van der Waals surface area contributed by atoms with Crippen LogP contribution in [0, 0.1) is 0 Å². The minimum atomic E-state index is -3.20. The van der Waals surface area contributed by atoms with Crippen LogP contribution in [0.15, 0.2) is 23.4 Å². The van der Waals surface area contributed by atoms with E-state index in [4.69, 9.17) is 14.7 Å². The van der Waals surface area contributed by atoms with Crippen molar-refractivity contribution in [2.24, 2.45) is 5.16 Å². The second-order valence-corrected chi connectivity index (χ2v) is 8.64. The lowest BCUT2D eigenvalue weighted by atomic mass is 10.1. The van der Waals surface area contributed by atoms with Crippen LogP contribution in [0.2, 0.25) is 0 Å². The van der Waals surface area contributed by atoms with Gasteiger partial charge in [-0.05, 0) is 32.9 Å². The third-order valence-electron chi connectivity index (χ3n) is 3.30. The molecule has 0 spiro atoms. The molecule has 0 aromatic heterocycles. The number of fused-ring (bicyclic) bond motifs is 1. The first-order chi connectivity index (χ1) is 9.74. The van der Waals surface area contributed by atoms with Crippen molar-refractivity contribution in [2.45, 2.75) is 25.5 Å². The summed E-state index contributed by atoms with van der Waals surface area (Å²) in [5.74, 6) is 1.05. The first-order valence-electron chi connectivity index (χ1n) is 6.58. The van der Waals surface area contributed by atoms with Gasteiger partial charge in [0.1, 0.15) is 30.4 Å². The van der Waals surface area contributed by atoms with Gasteiger partial charge in [-0.25, -0.2) is 8.42 Å². The van der Waals surface area contributed by atoms with Gasteiger partial charge in [0, 0.05) is 11.6 Å². The Balaban J connectivity index is 2.00. The number of nitrogens with zero attached hydrogens (tertiary/aromatic N) is 1. The molecule has 0 saturated heterocycles. The molecule has 0 unspecified atom stereocenters. The van der Waals surface area contributed by atoms with Gasteiger partial charge in [-0.2, -0.15) is 0 Å². The monoisotopic (exact) mass is 313 g/mol. The minimum Gasteiger partial charge on any atom is -0.492 e. The summed E-state index contributed by atoms with van der Waals surface area (Å²) < 4.78 is 34.0. The van der Waals surface area contributed by atoms with E-state index in [-0.39, 0.29) is 19.0 Å². The van der Waals surface area contributed by atoms with E-state index in [9.17, 15) is 8.42 Å². The molecule has 1 aliphatic rings. The Morgan fingerprint density at radius 1 is 1.38 bits per heavy atom. The van der Waals surface area contributed by atoms with Gasteiger partial charge in [-0.15, -0.1) is 0 Å². The van der Waals surface area contributed by atoms with Crippen molar-refractivity contribution in [1.82, 2.24) is 0 Å². The Hall–Kier alpha value is -1.76. The molecule has 116 valence electrons. The molecule has 1 aliphatic heterocycles. The highest BCUT2D eigenvalue weighted by molar-refractivity contribution is 7.92. The van der Waals surface area contributed by atoms with Crippen molar-refractivity contribution in [2.75, 3.05) is 19.0 Å². The van der Waals surface area contributed by atoms with Crippen LogP contribution in [0.5, 0.6) is 11.5 Å². The summed E-state index contributed by atoms with van der Waals surface area (Å²) >= 11 is 0. The second kappa shape index (κ2) is 5.55. The molecule has 21 heavy (non-hydrogen) atoms. The lowest BCUT2D eigenvalue weighted by Crippen LogP contribution is -2.32. The number of oxime groups is 1. The maximum atomic E-state index is 12.0. The van der Waals surface area contributed by atoms with E-state index < -0.39 is 14.6 Å². The molecule has 6 nitrogen and oxygen atoms in total. The van der Waals surface area contributed by atoms with E-state index in [0.717, 1.165) is 0 Å². The van der Waals surface area contributed by atoms with Crippen molar-refractivity contribution in [3.05, 3.63) is 23.8 Å². The Labute approximate surface area is 124 Å². The summed E-state index contributed by atoms with van der Waals surface area (Å²) in [5.41, 5.74) is 1.18. The first kappa shape index (κ1) is 15.6. The zero-order valence-corrected chi connectivity index (χ0v) is 13.1. The minimum absolute atomic E-state index is 0.0439. The van der Waals surface area contributed by atoms with Crippen molar-refractivity contribution in [1.29, 1.82) is 0 Å². The van der Waals surface area contributed by atoms with Gasteiger partial charge in [0.15, 0.2) is 9.84 Å². The summed E-state index contributed by atoms with van der Waals surface area (Å²) in [6.45, 7) is 5.30. The molecule has 1 aromatic rings. The standard InChI is InChI=1S/C14H19NO5S/c1-14(2,3)21(17,18)7-6-19-10-4-5-11-12(15-16)9-20-13(11)8-10/h4-5,8,16H,6-7,9H2,1-3H3/b15-12+. The Bertz CT molecular complexity index is 658. The molecule has 0 radical (unpaired) electrons. The molecule has 1 N–H and O–H groups in total. The average molecular weight is 313 g/mol. The number of hydrogen-bond acceptors (Lipinski definition) is 6. The van der Waals surface area contributed by atoms with Crippen LogP contribution >= 0.6 is 0 Å². The van der Waals surface area contributed by atoms with Crippen LogP contribution in [0.4, 0.5) is 0 Å². The molecular weight excluding hydrogens is 294 g/mol. The molecular formula is C14H19NO5S. The predicted molar refractivity (Wildman–Crippen MR) is 79.3 cm³/mol. The highest BCUT2D eigenvalue weighted by atomic mass is 32.2. The maximum Gasteiger partial charge on any atom is 0.158 e. The number of benzene rings is 1.